The van der Waals surface area contributed by atoms with Gasteiger partial charge in [-0.2, -0.15) is 0 Å². The molecule has 2 N–H and O–H groups in total. The van der Waals surface area contributed by atoms with Crippen LogP contribution in [0, 0.1) is 6.92 Å². The fraction of sp³-hybridized carbons (Fsp3) is 0.419. The molecule has 1 unspecified atom stereocenters. The Labute approximate surface area is 251 Å². The zero-order valence-electron chi connectivity index (χ0n) is 25.9. The predicted octanol–water partition coefficient (Wildman–Crippen LogP) is 4.82. The molecule has 0 fully saturated rings. The van der Waals surface area contributed by atoms with Gasteiger partial charge >= 0.3 is 0 Å². The summed E-state index contributed by atoms with van der Waals surface area (Å²) in [5.41, 5.74) is 0.0234. The van der Waals surface area contributed by atoms with Crippen LogP contribution in [0.1, 0.15) is 57.4 Å². The molecular formula is C31H40N4O8. The number of aryl methyl sites for hydroxylation is 1. The lowest BCUT2D eigenvalue weighted by molar-refractivity contribution is -0.128. The Morgan fingerprint density at radius 2 is 1.67 bits per heavy atom. The topological polar surface area (TPSA) is 141 Å². The number of para-hydroxylation sites is 1. The van der Waals surface area contributed by atoms with Gasteiger partial charge in [-0.3, -0.25) is 19.3 Å². The van der Waals surface area contributed by atoms with E-state index < -0.39 is 29.3 Å². The van der Waals surface area contributed by atoms with Crippen molar-refractivity contribution in [1.82, 2.24) is 10.5 Å². The molecule has 0 saturated carbocycles. The van der Waals surface area contributed by atoms with Crippen molar-refractivity contribution in [2.75, 3.05) is 38.7 Å². The van der Waals surface area contributed by atoms with Gasteiger partial charge < -0.3 is 34.1 Å². The Morgan fingerprint density at radius 1 is 0.953 bits per heavy atom. The monoisotopic (exact) mass is 596 g/mol. The first-order valence-electron chi connectivity index (χ1n) is 13.8. The Balaban J connectivity index is 2.18. The number of benzene rings is 2. The maximum absolute atomic E-state index is 14.3. The maximum atomic E-state index is 14.3. The number of anilines is 2. The smallest absolute Gasteiger partial charge is 0.248 e. The molecule has 1 heterocycles. The van der Waals surface area contributed by atoms with Crippen LogP contribution in [0.15, 0.2) is 47.0 Å². The van der Waals surface area contributed by atoms with Crippen LogP contribution in [0.3, 0.4) is 0 Å². The summed E-state index contributed by atoms with van der Waals surface area (Å²) in [6.45, 7) is 7.42. The first-order valence-corrected chi connectivity index (χ1v) is 13.8. The first-order chi connectivity index (χ1) is 20.5. The summed E-state index contributed by atoms with van der Waals surface area (Å²) in [5, 5.41) is 9.45. The molecular weight excluding hydrogens is 556 g/mol. The number of nitrogens with one attached hydrogen (secondary N) is 2. The van der Waals surface area contributed by atoms with Gasteiger partial charge in [-0.25, -0.2) is 0 Å². The molecule has 12 nitrogen and oxygen atoms in total. The predicted molar refractivity (Wildman–Crippen MR) is 161 cm³/mol. The lowest BCUT2D eigenvalue weighted by atomic mass is 9.97. The first kappa shape index (κ1) is 32.8. The van der Waals surface area contributed by atoms with Gasteiger partial charge in [-0.05, 0) is 45.4 Å². The van der Waals surface area contributed by atoms with E-state index in [1.165, 1.54) is 33.3 Å². The van der Waals surface area contributed by atoms with E-state index in [0.717, 1.165) is 0 Å². The number of ether oxygens (including phenoxy) is 4. The third-order valence-electron chi connectivity index (χ3n) is 6.96. The zero-order valence-corrected chi connectivity index (χ0v) is 25.9. The second kappa shape index (κ2) is 14.4. The van der Waals surface area contributed by atoms with Crippen LogP contribution in [0.5, 0.6) is 23.0 Å². The third-order valence-corrected chi connectivity index (χ3v) is 6.96. The van der Waals surface area contributed by atoms with Gasteiger partial charge in [0, 0.05) is 36.1 Å². The summed E-state index contributed by atoms with van der Waals surface area (Å²) in [7, 11) is 5.90. The molecule has 3 aromatic rings. The standard InChI is InChI=1S/C31H40N4O8/c1-9-31(3,4)33-30(38)28(21-11-10-12-24(41-7)29(21)42-8)35(22-18-20(39-5)13-14-23(22)40-6)27(37)16-15-26(36)32-25-17-19(2)43-34-25/h10-14,17-18,28H,9,15-16H2,1-8H3,(H,33,38)(H,32,34,36). The molecule has 2 aromatic carbocycles. The number of methoxy groups -OCH3 is 4. The maximum Gasteiger partial charge on any atom is 0.248 e. The van der Waals surface area contributed by atoms with Crippen molar-refractivity contribution in [2.45, 2.75) is 58.5 Å². The highest BCUT2D eigenvalue weighted by molar-refractivity contribution is 6.04. The summed E-state index contributed by atoms with van der Waals surface area (Å²) in [4.78, 5) is 42.6. The molecule has 1 aromatic heterocycles. The van der Waals surface area contributed by atoms with E-state index in [4.69, 9.17) is 23.5 Å². The van der Waals surface area contributed by atoms with Crippen molar-refractivity contribution in [3.8, 4) is 23.0 Å². The summed E-state index contributed by atoms with van der Waals surface area (Å²) in [6.07, 6.45) is 0.173. The molecule has 232 valence electrons. The number of carbonyl (C=O) groups is 3. The van der Waals surface area contributed by atoms with Crippen molar-refractivity contribution < 1.29 is 37.9 Å². The second-order valence-corrected chi connectivity index (χ2v) is 10.4. The van der Waals surface area contributed by atoms with Crippen molar-refractivity contribution >= 4 is 29.2 Å². The van der Waals surface area contributed by atoms with E-state index in [-0.39, 0.29) is 30.1 Å². The number of hydrogen-bond donors (Lipinski definition) is 2. The number of amides is 3. The fourth-order valence-electron chi connectivity index (χ4n) is 4.39. The number of aromatic nitrogens is 1. The molecule has 0 aliphatic carbocycles. The van der Waals surface area contributed by atoms with Gasteiger partial charge in [-0.1, -0.05) is 24.2 Å². The molecule has 1 atom stereocenters. The van der Waals surface area contributed by atoms with Crippen LogP contribution < -0.4 is 34.5 Å². The van der Waals surface area contributed by atoms with Gasteiger partial charge in [0.2, 0.25) is 17.7 Å². The van der Waals surface area contributed by atoms with Gasteiger partial charge in [0.05, 0.1) is 34.1 Å². The van der Waals surface area contributed by atoms with E-state index >= 15 is 0 Å². The normalized spacial score (nSPS) is 11.7. The minimum atomic E-state index is -1.26. The zero-order chi connectivity index (χ0) is 31.7. The highest BCUT2D eigenvalue weighted by atomic mass is 16.5. The average Bonchev–Trinajstić information content (AvgIpc) is 3.41. The third kappa shape index (κ3) is 7.97. The lowest BCUT2D eigenvalue weighted by Crippen LogP contribution is -2.50. The average molecular weight is 597 g/mol. The highest BCUT2D eigenvalue weighted by Gasteiger charge is 2.39. The van der Waals surface area contributed by atoms with Gasteiger partial charge in [0.15, 0.2) is 17.3 Å². The summed E-state index contributed by atoms with van der Waals surface area (Å²) >= 11 is 0. The van der Waals surface area contributed by atoms with E-state index in [1.807, 2.05) is 20.8 Å². The molecule has 0 bridgehead atoms. The van der Waals surface area contributed by atoms with Gasteiger partial charge in [-0.15, -0.1) is 0 Å². The Hall–Kier alpha value is -4.74. The Kier molecular flexibility index (Phi) is 11.0. The number of rotatable bonds is 14. The van der Waals surface area contributed by atoms with Crippen molar-refractivity contribution in [2.24, 2.45) is 0 Å². The molecule has 0 radical (unpaired) electrons. The van der Waals surface area contributed by atoms with Crippen LogP contribution in [0.25, 0.3) is 0 Å². The molecule has 0 spiro atoms. The van der Waals surface area contributed by atoms with E-state index in [0.29, 0.717) is 35.0 Å². The molecule has 43 heavy (non-hydrogen) atoms. The SMILES string of the molecule is CCC(C)(C)NC(=O)C(c1cccc(OC)c1OC)N(C(=O)CCC(=O)Nc1cc(C)on1)c1cc(OC)ccc1OC. The highest BCUT2D eigenvalue weighted by Crippen LogP contribution is 2.43. The lowest BCUT2D eigenvalue weighted by Gasteiger charge is -2.36. The van der Waals surface area contributed by atoms with Crippen molar-refractivity contribution in [3.63, 3.8) is 0 Å². The fourth-order valence-corrected chi connectivity index (χ4v) is 4.39. The minimum Gasteiger partial charge on any atom is -0.497 e. The second-order valence-electron chi connectivity index (χ2n) is 10.4. The summed E-state index contributed by atoms with van der Waals surface area (Å²) < 4.78 is 27.3. The van der Waals surface area contributed by atoms with Crippen molar-refractivity contribution in [3.05, 3.63) is 53.8 Å². The van der Waals surface area contributed by atoms with Crippen LogP contribution in [0.2, 0.25) is 0 Å². The van der Waals surface area contributed by atoms with Crippen LogP contribution >= 0.6 is 0 Å². The number of carbonyl (C=O) groups excluding carboxylic acids is 3. The number of hydrogen-bond acceptors (Lipinski definition) is 9. The van der Waals surface area contributed by atoms with E-state index in [9.17, 15) is 14.4 Å². The number of nitrogens with zero attached hydrogens (tertiary/aromatic N) is 2. The molecule has 0 aliphatic heterocycles. The van der Waals surface area contributed by atoms with Gasteiger partial charge in [0.25, 0.3) is 0 Å². The van der Waals surface area contributed by atoms with Crippen LogP contribution in [-0.2, 0) is 14.4 Å². The quantitative estimate of drug-likeness (QED) is 0.268. The Morgan fingerprint density at radius 3 is 2.26 bits per heavy atom. The van der Waals surface area contributed by atoms with Crippen LogP contribution in [-0.4, -0.2) is 56.9 Å². The Bertz CT molecular complexity index is 1430. The van der Waals surface area contributed by atoms with E-state index in [1.54, 1.807) is 49.4 Å². The summed E-state index contributed by atoms with van der Waals surface area (Å²) in [5.74, 6) is 0.700. The molecule has 0 aliphatic rings. The molecule has 0 saturated heterocycles. The minimum absolute atomic E-state index is 0.197. The molecule has 3 rings (SSSR count). The molecule has 12 heteroatoms. The largest absolute Gasteiger partial charge is 0.497 e. The van der Waals surface area contributed by atoms with Crippen molar-refractivity contribution in [1.29, 1.82) is 0 Å². The summed E-state index contributed by atoms with van der Waals surface area (Å²) in [6, 6.07) is 10.3. The van der Waals surface area contributed by atoms with Crippen LogP contribution in [0.4, 0.5) is 11.5 Å². The molecule has 3 amide bonds. The van der Waals surface area contributed by atoms with E-state index in [2.05, 4.69) is 15.8 Å². The van der Waals surface area contributed by atoms with Gasteiger partial charge in [0.1, 0.15) is 23.3 Å².